The number of para-hydroxylation sites is 5. The van der Waals surface area contributed by atoms with Crippen molar-refractivity contribution < 1.29 is 0 Å². The number of fused-ring (bicyclic) bond motifs is 15. The molecule has 0 fully saturated rings. The number of rotatable bonds is 8. The highest BCUT2D eigenvalue weighted by Crippen LogP contribution is 2.43. The highest BCUT2D eigenvalue weighted by Gasteiger charge is 2.20. The molecule has 0 saturated heterocycles. The van der Waals surface area contributed by atoms with Crippen LogP contribution in [0, 0.1) is 0 Å². The Morgan fingerprint density at radius 2 is 0.438 bits per heavy atom. The van der Waals surface area contributed by atoms with Crippen LogP contribution >= 0.6 is 11.3 Å². The molecule has 0 unspecified atom stereocenters. The van der Waals surface area contributed by atoms with Crippen LogP contribution in [0.3, 0.4) is 0 Å². The minimum absolute atomic E-state index is 1.13. The monoisotopic (exact) mass is 1150 g/mol. The van der Waals surface area contributed by atoms with Crippen molar-refractivity contribution in [3.63, 3.8) is 0 Å². The van der Waals surface area contributed by atoms with Crippen LogP contribution in [0.5, 0.6) is 0 Å². The van der Waals surface area contributed by atoms with Gasteiger partial charge < -0.3 is 18.3 Å². The molecule has 5 aromatic heterocycles. The molecular formula is C84H52N4S. The second-order valence-corrected chi connectivity index (χ2v) is 24.7. The summed E-state index contributed by atoms with van der Waals surface area (Å²) in [5, 5.41) is 12.6. The first-order chi connectivity index (χ1) is 44.1. The molecule has 4 nitrogen and oxygen atoms in total. The van der Waals surface area contributed by atoms with Gasteiger partial charge >= 0.3 is 0 Å². The Kier molecular flexibility index (Phi) is 10.9. The molecule has 0 saturated carbocycles. The van der Waals surface area contributed by atoms with Gasteiger partial charge in [0.15, 0.2) is 0 Å². The first-order valence-electron chi connectivity index (χ1n) is 30.5. The van der Waals surface area contributed by atoms with Crippen LogP contribution < -0.4 is 0 Å². The summed E-state index contributed by atoms with van der Waals surface area (Å²) in [6.07, 6.45) is 0. The normalized spacial score (nSPS) is 12.0. The molecule has 0 atom stereocenters. The lowest BCUT2D eigenvalue weighted by atomic mass is 10.0. The third-order valence-electron chi connectivity index (χ3n) is 18.7. The van der Waals surface area contributed by atoms with Gasteiger partial charge in [-0.05, 0) is 178 Å². The summed E-state index contributed by atoms with van der Waals surface area (Å²) in [7, 11) is 0. The van der Waals surface area contributed by atoms with Crippen molar-refractivity contribution in [1.82, 2.24) is 18.3 Å². The second kappa shape index (κ2) is 19.5. The first kappa shape index (κ1) is 49.7. The van der Waals surface area contributed by atoms with Crippen molar-refractivity contribution in [2.24, 2.45) is 0 Å². The maximum atomic E-state index is 2.44. The third kappa shape index (κ3) is 7.72. The van der Waals surface area contributed by atoms with Crippen LogP contribution in [0.25, 0.3) is 175 Å². The molecule has 0 aliphatic rings. The lowest BCUT2D eigenvalue weighted by Crippen LogP contribution is -1.95. The maximum Gasteiger partial charge on any atom is 0.0541 e. The molecule has 89 heavy (non-hydrogen) atoms. The molecular weight excluding hydrogens is 1100 g/mol. The van der Waals surface area contributed by atoms with Gasteiger partial charge in [-0.15, -0.1) is 11.3 Å². The van der Waals surface area contributed by atoms with Gasteiger partial charge in [-0.25, -0.2) is 0 Å². The van der Waals surface area contributed by atoms with E-state index in [2.05, 4.69) is 334 Å². The largest absolute Gasteiger partial charge is 0.309 e. The zero-order valence-electron chi connectivity index (χ0n) is 48.2. The number of thiophene rings is 1. The van der Waals surface area contributed by atoms with Gasteiger partial charge in [0, 0.05) is 86.0 Å². The first-order valence-corrected chi connectivity index (χ1v) is 31.4. The fraction of sp³-hybridized carbons (Fsp3) is 0. The average Bonchev–Trinajstić information content (AvgIpc) is 2.47. The van der Waals surface area contributed by atoms with Crippen molar-refractivity contribution in [1.29, 1.82) is 0 Å². The Balaban J connectivity index is 0.646. The van der Waals surface area contributed by atoms with Crippen molar-refractivity contribution in [3.8, 4) is 67.3 Å². The molecule has 5 heteroatoms. The summed E-state index contributed by atoms with van der Waals surface area (Å²) >= 11 is 1.86. The topological polar surface area (TPSA) is 19.7 Å². The third-order valence-corrected chi connectivity index (χ3v) is 19.9. The second-order valence-electron chi connectivity index (χ2n) is 23.6. The van der Waals surface area contributed by atoms with Gasteiger partial charge in [0.1, 0.15) is 0 Å². The SMILES string of the molecule is c1cc(-c2ccc3c(c2)c2ccccc2n3-c2cccc(-c3ccc4c(c3)c3ccccc3n4-c3ccc(-c4ccc5c(c4)c4ccccc4n5-c4cccc(-c5ccc6sc7ccccc7c6c5)c4)cc3)c2)cc(-n2c3ccccc3c3ccccc32)c1. The average molecular weight is 1150 g/mol. The molecule has 0 bridgehead atoms. The van der Waals surface area contributed by atoms with E-state index < -0.39 is 0 Å². The molecule has 19 rings (SSSR count). The van der Waals surface area contributed by atoms with Crippen molar-refractivity contribution in [3.05, 3.63) is 315 Å². The van der Waals surface area contributed by atoms with E-state index >= 15 is 0 Å². The van der Waals surface area contributed by atoms with E-state index in [-0.39, 0.29) is 0 Å². The minimum atomic E-state index is 1.13. The molecule has 0 aliphatic heterocycles. The predicted molar refractivity (Wildman–Crippen MR) is 378 cm³/mol. The van der Waals surface area contributed by atoms with Gasteiger partial charge in [-0.2, -0.15) is 0 Å². The van der Waals surface area contributed by atoms with Crippen LogP contribution in [-0.4, -0.2) is 18.3 Å². The van der Waals surface area contributed by atoms with Gasteiger partial charge in [-0.3, -0.25) is 0 Å². The predicted octanol–water partition coefficient (Wildman–Crippen LogP) is 23.1. The molecule has 0 spiro atoms. The number of aromatic nitrogens is 4. The summed E-state index contributed by atoms with van der Waals surface area (Å²) in [5.41, 5.74) is 23.6. The van der Waals surface area contributed by atoms with Crippen LogP contribution in [-0.2, 0) is 0 Å². The Bertz CT molecular complexity index is 6070. The van der Waals surface area contributed by atoms with E-state index in [1.54, 1.807) is 0 Å². The zero-order valence-corrected chi connectivity index (χ0v) is 49.0. The Morgan fingerprint density at radius 1 is 0.157 bits per heavy atom. The molecule has 0 N–H and O–H groups in total. The Morgan fingerprint density at radius 3 is 0.854 bits per heavy atom. The number of benzene rings is 14. The molecule has 0 amide bonds. The summed E-state index contributed by atoms with van der Waals surface area (Å²) in [6, 6.07) is 117. The fourth-order valence-corrected chi connectivity index (χ4v) is 15.8. The van der Waals surface area contributed by atoms with E-state index in [9.17, 15) is 0 Å². The van der Waals surface area contributed by atoms with Crippen LogP contribution in [0.1, 0.15) is 0 Å². The van der Waals surface area contributed by atoms with Crippen LogP contribution in [0.4, 0.5) is 0 Å². The van der Waals surface area contributed by atoms with Gasteiger partial charge in [0.25, 0.3) is 0 Å². The highest BCUT2D eigenvalue weighted by atomic mass is 32.1. The summed E-state index contributed by atoms with van der Waals surface area (Å²) in [4.78, 5) is 0. The lowest BCUT2D eigenvalue weighted by Gasteiger charge is -2.12. The van der Waals surface area contributed by atoms with Gasteiger partial charge in [0.2, 0.25) is 0 Å². The van der Waals surface area contributed by atoms with E-state index in [0.717, 1.165) is 22.7 Å². The smallest absolute Gasteiger partial charge is 0.0541 e. The summed E-state index contributed by atoms with van der Waals surface area (Å²) < 4.78 is 12.3. The Labute approximate surface area is 516 Å². The molecule has 0 radical (unpaired) electrons. The molecule has 19 aromatic rings. The fourth-order valence-electron chi connectivity index (χ4n) is 14.7. The summed E-state index contributed by atoms with van der Waals surface area (Å²) in [5.74, 6) is 0. The minimum Gasteiger partial charge on any atom is -0.309 e. The van der Waals surface area contributed by atoms with E-state index in [1.807, 2.05) is 11.3 Å². The summed E-state index contributed by atoms with van der Waals surface area (Å²) in [6.45, 7) is 0. The number of hydrogen-bond donors (Lipinski definition) is 0. The highest BCUT2D eigenvalue weighted by molar-refractivity contribution is 7.25. The van der Waals surface area contributed by atoms with Crippen molar-refractivity contribution in [2.75, 3.05) is 0 Å². The van der Waals surface area contributed by atoms with E-state index in [1.165, 1.54) is 152 Å². The van der Waals surface area contributed by atoms with Gasteiger partial charge in [0.05, 0.1) is 44.1 Å². The van der Waals surface area contributed by atoms with E-state index in [0.29, 0.717) is 0 Å². The molecule has 0 aliphatic carbocycles. The molecule has 414 valence electrons. The van der Waals surface area contributed by atoms with E-state index in [4.69, 9.17) is 0 Å². The van der Waals surface area contributed by atoms with Crippen molar-refractivity contribution >= 4 is 119 Å². The van der Waals surface area contributed by atoms with Crippen molar-refractivity contribution in [2.45, 2.75) is 0 Å². The lowest BCUT2D eigenvalue weighted by molar-refractivity contribution is 1.18. The van der Waals surface area contributed by atoms with Crippen LogP contribution in [0.2, 0.25) is 0 Å². The Hall–Kier alpha value is -11.5. The molecule has 14 aromatic carbocycles. The zero-order chi connectivity index (χ0) is 58.3. The number of nitrogens with zero attached hydrogens (tertiary/aromatic N) is 4. The number of hydrogen-bond acceptors (Lipinski definition) is 1. The van der Waals surface area contributed by atoms with Gasteiger partial charge in [-0.1, -0.05) is 182 Å². The maximum absolute atomic E-state index is 2.44. The quantitative estimate of drug-likeness (QED) is 0.144. The standard InChI is InChI=1S/C84H52N4S/c1-7-28-75-65(22-1)66-23-2-8-29-76(66)86(75)62-19-13-16-54(46-62)59-38-44-82-73(51-59)69-26-5-11-32-79(69)88(82)63-20-14-17-55(47-63)58-37-43-80-72(50-58)67-24-3-9-30-77(67)85(80)61-40-34-53(35-41-61)57-36-42-81-71(49-57)68-25-4-10-31-78(68)87(81)64-21-15-18-56(48-64)60-39-45-84-74(52-60)70-27-6-12-33-83(70)89-84/h1-52H. The van der Waals surface area contributed by atoms with Crippen LogP contribution in [0.15, 0.2) is 315 Å². The molecule has 5 heterocycles.